The van der Waals surface area contributed by atoms with Crippen molar-refractivity contribution in [2.45, 2.75) is 44.7 Å². The second-order valence-corrected chi connectivity index (χ2v) is 6.82. The van der Waals surface area contributed by atoms with Gasteiger partial charge < -0.3 is 20.5 Å². The Bertz CT molecular complexity index is 755. The van der Waals surface area contributed by atoms with Crippen molar-refractivity contribution in [2.75, 3.05) is 7.05 Å². The lowest BCUT2D eigenvalue weighted by molar-refractivity contribution is 0.192. The van der Waals surface area contributed by atoms with Gasteiger partial charge in [0, 0.05) is 18.7 Å². The Balaban J connectivity index is 1.72. The monoisotopic (exact) mass is 354 g/mol. The van der Waals surface area contributed by atoms with Crippen LogP contribution < -0.4 is 15.4 Å². The fraction of sp³-hybridized carbons (Fsp3) is 0.381. The van der Waals surface area contributed by atoms with E-state index in [4.69, 9.17) is 4.74 Å². The predicted octanol–water partition coefficient (Wildman–Crippen LogP) is 4.20. The molecule has 0 heterocycles. The van der Waals surface area contributed by atoms with E-state index in [1.165, 1.54) is 12.5 Å². The Morgan fingerprint density at radius 1 is 1.12 bits per heavy atom. The van der Waals surface area contributed by atoms with Crippen LogP contribution in [0.5, 0.6) is 11.5 Å². The number of hydrogen-bond donors (Lipinski definition) is 3. The van der Waals surface area contributed by atoms with E-state index in [1.54, 1.807) is 12.1 Å². The first-order chi connectivity index (χ1) is 12.6. The van der Waals surface area contributed by atoms with Gasteiger partial charge in [-0.05, 0) is 54.8 Å². The molecule has 26 heavy (non-hydrogen) atoms. The quantitative estimate of drug-likeness (QED) is 0.753. The number of rotatable bonds is 5. The molecule has 0 atom stereocenters. The van der Waals surface area contributed by atoms with Crippen LogP contribution in [0.4, 0.5) is 4.79 Å². The number of aromatic hydroxyl groups is 1. The summed E-state index contributed by atoms with van der Waals surface area (Å²) in [6.07, 6.45) is 5.05. The fourth-order valence-corrected chi connectivity index (χ4v) is 3.42. The van der Waals surface area contributed by atoms with E-state index in [9.17, 15) is 9.90 Å². The Kier molecular flexibility index (Phi) is 6.12. The molecule has 0 aliphatic heterocycles. The van der Waals surface area contributed by atoms with Gasteiger partial charge in [0.15, 0.2) is 0 Å². The maximum Gasteiger partial charge on any atom is 0.412 e. The molecule has 1 aliphatic carbocycles. The van der Waals surface area contributed by atoms with E-state index in [1.807, 2.05) is 25.2 Å². The lowest BCUT2D eigenvalue weighted by atomic mass is 9.96. The van der Waals surface area contributed by atoms with E-state index < -0.39 is 6.09 Å². The SMILES string of the molecule is CNCc1cccc(-c2cc(O)cc(OC(=O)NC3CCCCC3)c2)c1. The van der Waals surface area contributed by atoms with Gasteiger partial charge >= 0.3 is 6.09 Å². The van der Waals surface area contributed by atoms with Crippen molar-refractivity contribution in [3.8, 4) is 22.6 Å². The molecule has 1 amide bonds. The molecule has 1 aliphatic rings. The molecule has 3 rings (SSSR count). The lowest BCUT2D eigenvalue weighted by Gasteiger charge is -2.22. The number of hydrogen-bond acceptors (Lipinski definition) is 4. The third-order valence-electron chi connectivity index (χ3n) is 4.67. The van der Waals surface area contributed by atoms with Crippen molar-refractivity contribution in [3.05, 3.63) is 48.0 Å². The highest BCUT2D eigenvalue weighted by Gasteiger charge is 2.17. The summed E-state index contributed by atoms with van der Waals surface area (Å²) in [6.45, 7) is 0.764. The number of ether oxygens (including phenoxy) is 1. The molecule has 5 heteroatoms. The highest BCUT2D eigenvalue weighted by molar-refractivity contribution is 5.73. The van der Waals surface area contributed by atoms with Crippen LogP contribution in [0.15, 0.2) is 42.5 Å². The lowest BCUT2D eigenvalue weighted by Crippen LogP contribution is -2.37. The first-order valence-electron chi connectivity index (χ1n) is 9.20. The summed E-state index contributed by atoms with van der Waals surface area (Å²) in [4.78, 5) is 12.2. The van der Waals surface area contributed by atoms with Gasteiger partial charge in [-0.1, -0.05) is 37.5 Å². The normalized spacial score (nSPS) is 14.8. The van der Waals surface area contributed by atoms with Crippen LogP contribution in [0.25, 0.3) is 11.1 Å². The third-order valence-corrected chi connectivity index (χ3v) is 4.67. The molecule has 0 unspecified atom stereocenters. The topological polar surface area (TPSA) is 70.6 Å². The smallest absolute Gasteiger partial charge is 0.412 e. The Morgan fingerprint density at radius 2 is 1.92 bits per heavy atom. The van der Waals surface area contributed by atoms with Crippen molar-refractivity contribution < 1.29 is 14.6 Å². The third kappa shape index (κ3) is 4.99. The molecule has 1 saturated carbocycles. The zero-order chi connectivity index (χ0) is 18.4. The number of carbonyl (C=O) groups is 1. The number of carbonyl (C=O) groups excluding carboxylic acids is 1. The second-order valence-electron chi connectivity index (χ2n) is 6.82. The minimum atomic E-state index is -0.461. The molecular formula is C21H26N2O3. The Labute approximate surface area is 154 Å². The molecule has 5 nitrogen and oxygen atoms in total. The fourth-order valence-electron chi connectivity index (χ4n) is 3.42. The first kappa shape index (κ1) is 18.3. The van der Waals surface area contributed by atoms with Gasteiger partial charge in [-0.25, -0.2) is 4.79 Å². The maximum absolute atomic E-state index is 12.2. The molecule has 1 fully saturated rings. The molecule has 0 saturated heterocycles. The Morgan fingerprint density at radius 3 is 2.69 bits per heavy atom. The number of benzene rings is 2. The van der Waals surface area contributed by atoms with Gasteiger partial charge in [-0.15, -0.1) is 0 Å². The zero-order valence-corrected chi connectivity index (χ0v) is 15.1. The van der Waals surface area contributed by atoms with E-state index in [0.717, 1.165) is 48.9 Å². The number of amides is 1. The zero-order valence-electron chi connectivity index (χ0n) is 15.1. The number of phenols is 1. The molecule has 0 aromatic heterocycles. The summed E-state index contributed by atoms with van der Waals surface area (Å²) in [6, 6.07) is 13.1. The van der Waals surface area contributed by atoms with Gasteiger partial charge in [0.25, 0.3) is 0 Å². The molecule has 0 radical (unpaired) electrons. The second kappa shape index (κ2) is 8.72. The molecule has 0 spiro atoms. The Hall–Kier alpha value is -2.53. The van der Waals surface area contributed by atoms with Crippen LogP contribution in [0.3, 0.4) is 0 Å². The van der Waals surface area contributed by atoms with E-state index in [0.29, 0.717) is 5.75 Å². The van der Waals surface area contributed by atoms with Gasteiger partial charge in [0.1, 0.15) is 11.5 Å². The van der Waals surface area contributed by atoms with Crippen LogP contribution >= 0.6 is 0 Å². The van der Waals surface area contributed by atoms with Crippen molar-refractivity contribution in [1.82, 2.24) is 10.6 Å². The highest BCUT2D eigenvalue weighted by Crippen LogP contribution is 2.30. The summed E-state index contributed by atoms with van der Waals surface area (Å²) in [5.41, 5.74) is 2.92. The molecule has 2 aromatic carbocycles. The molecular weight excluding hydrogens is 328 g/mol. The maximum atomic E-state index is 12.2. The van der Waals surface area contributed by atoms with Crippen molar-refractivity contribution in [2.24, 2.45) is 0 Å². The van der Waals surface area contributed by atoms with Crippen LogP contribution in [-0.2, 0) is 6.54 Å². The predicted molar refractivity (Wildman–Crippen MR) is 102 cm³/mol. The van der Waals surface area contributed by atoms with E-state index in [-0.39, 0.29) is 11.8 Å². The minimum Gasteiger partial charge on any atom is -0.508 e. The molecule has 3 N–H and O–H groups in total. The van der Waals surface area contributed by atoms with E-state index in [2.05, 4.69) is 16.7 Å². The number of nitrogens with one attached hydrogen (secondary N) is 2. The van der Waals surface area contributed by atoms with Gasteiger partial charge in [-0.2, -0.15) is 0 Å². The standard InChI is InChI=1S/C21H26N2O3/c1-22-14-15-6-5-7-16(10-15)17-11-19(24)13-20(12-17)26-21(25)23-18-8-3-2-4-9-18/h5-7,10-13,18,22,24H,2-4,8-9,14H2,1H3,(H,23,25). The first-order valence-corrected chi connectivity index (χ1v) is 9.20. The average molecular weight is 354 g/mol. The minimum absolute atomic E-state index is 0.0713. The van der Waals surface area contributed by atoms with Crippen molar-refractivity contribution in [1.29, 1.82) is 0 Å². The summed E-state index contributed by atoms with van der Waals surface area (Å²) in [5.74, 6) is 0.411. The summed E-state index contributed by atoms with van der Waals surface area (Å²) >= 11 is 0. The number of phenolic OH excluding ortho intramolecular Hbond substituents is 1. The van der Waals surface area contributed by atoms with E-state index >= 15 is 0 Å². The summed E-state index contributed by atoms with van der Waals surface area (Å²) in [7, 11) is 1.90. The molecule has 138 valence electrons. The van der Waals surface area contributed by atoms with Crippen LogP contribution in [-0.4, -0.2) is 24.3 Å². The molecule has 0 bridgehead atoms. The average Bonchev–Trinajstić information content (AvgIpc) is 2.62. The summed E-state index contributed by atoms with van der Waals surface area (Å²) < 4.78 is 5.42. The van der Waals surface area contributed by atoms with Crippen molar-refractivity contribution in [3.63, 3.8) is 0 Å². The molecule has 2 aromatic rings. The van der Waals surface area contributed by atoms with Crippen molar-refractivity contribution >= 4 is 6.09 Å². The highest BCUT2D eigenvalue weighted by atomic mass is 16.6. The van der Waals surface area contributed by atoms with Crippen LogP contribution in [0.2, 0.25) is 0 Å². The summed E-state index contributed by atoms with van der Waals surface area (Å²) in [5, 5.41) is 16.1. The van der Waals surface area contributed by atoms with Gasteiger partial charge in [-0.3, -0.25) is 0 Å². The largest absolute Gasteiger partial charge is 0.508 e. The van der Waals surface area contributed by atoms with Gasteiger partial charge in [0.05, 0.1) is 0 Å². The van der Waals surface area contributed by atoms with Crippen LogP contribution in [0, 0.1) is 0 Å². The van der Waals surface area contributed by atoms with Crippen LogP contribution in [0.1, 0.15) is 37.7 Å². The van der Waals surface area contributed by atoms with Gasteiger partial charge in [0.2, 0.25) is 0 Å².